The standard InChI is InChI=1S/C25H31F3/c1-2-19-7-13-22(14-8-19)23-15-9-20(10-16-23)5-3-4-6-21-11-17-24(18-12-21)25(26,27)28/h3,5,11-12,17-20,22-23H,2,7-10,13-16H2,1H3/t19-,20?,22-,23?. The monoisotopic (exact) mass is 388 g/mol. The van der Waals surface area contributed by atoms with E-state index in [0.29, 0.717) is 11.5 Å². The quantitative estimate of drug-likeness (QED) is 0.467. The third kappa shape index (κ3) is 5.90. The molecule has 3 rings (SSSR count). The Labute approximate surface area is 167 Å². The highest BCUT2D eigenvalue weighted by Crippen LogP contribution is 2.42. The van der Waals surface area contributed by atoms with Crippen molar-refractivity contribution in [1.29, 1.82) is 0 Å². The van der Waals surface area contributed by atoms with Gasteiger partial charge in [0, 0.05) is 5.56 Å². The van der Waals surface area contributed by atoms with Gasteiger partial charge in [-0.2, -0.15) is 13.2 Å². The van der Waals surface area contributed by atoms with Gasteiger partial charge in [0.15, 0.2) is 0 Å². The van der Waals surface area contributed by atoms with Crippen molar-refractivity contribution in [2.75, 3.05) is 0 Å². The van der Waals surface area contributed by atoms with Crippen molar-refractivity contribution in [2.45, 2.75) is 70.9 Å². The largest absolute Gasteiger partial charge is 0.416 e. The molecule has 2 saturated carbocycles. The Kier molecular flexibility index (Phi) is 7.27. The van der Waals surface area contributed by atoms with Crippen LogP contribution >= 0.6 is 0 Å². The Hall–Kier alpha value is -1.69. The lowest BCUT2D eigenvalue weighted by molar-refractivity contribution is -0.137. The average Bonchev–Trinajstić information content (AvgIpc) is 2.71. The molecule has 3 heteroatoms. The van der Waals surface area contributed by atoms with Gasteiger partial charge in [-0.25, -0.2) is 0 Å². The van der Waals surface area contributed by atoms with Gasteiger partial charge in [-0.15, -0.1) is 0 Å². The molecule has 0 aliphatic heterocycles. The van der Waals surface area contributed by atoms with Gasteiger partial charge in [0.05, 0.1) is 5.56 Å². The van der Waals surface area contributed by atoms with Crippen LogP contribution in [0.2, 0.25) is 0 Å². The fraction of sp³-hybridized carbons (Fsp3) is 0.600. The molecule has 0 N–H and O–H groups in total. The summed E-state index contributed by atoms with van der Waals surface area (Å²) in [6.07, 6.45) is 12.0. The zero-order valence-corrected chi connectivity index (χ0v) is 16.8. The molecule has 0 spiro atoms. The van der Waals surface area contributed by atoms with E-state index in [1.807, 2.05) is 6.08 Å². The van der Waals surface area contributed by atoms with Crippen molar-refractivity contribution in [1.82, 2.24) is 0 Å². The Morgan fingerprint density at radius 3 is 2.00 bits per heavy atom. The van der Waals surface area contributed by atoms with Gasteiger partial charge in [-0.05, 0) is 92.5 Å². The summed E-state index contributed by atoms with van der Waals surface area (Å²) in [4.78, 5) is 0. The molecule has 152 valence electrons. The van der Waals surface area contributed by atoms with E-state index in [1.165, 1.54) is 69.9 Å². The van der Waals surface area contributed by atoms with Gasteiger partial charge in [0.2, 0.25) is 0 Å². The SMILES string of the molecule is CC[C@H]1CC[C@H](C2CCC(C=CC#Cc3ccc(C(F)(F)F)cc3)CC2)CC1. The second kappa shape index (κ2) is 9.68. The lowest BCUT2D eigenvalue weighted by atomic mass is 9.69. The molecule has 2 aliphatic carbocycles. The number of hydrogen-bond acceptors (Lipinski definition) is 0. The molecule has 0 atom stereocenters. The summed E-state index contributed by atoms with van der Waals surface area (Å²) in [5, 5.41) is 0. The molecule has 0 radical (unpaired) electrons. The van der Waals surface area contributed by atoms with Crippen LogP contribution in [0.15, 0.2) is 36.4 Å². The van der Waals surface area contributed by atoms with E-state index in [0.717, 1.165) is 29.9 Å². The van der Waals surface area contributed by atoms with E-state index >= 15 is 0 Å². The van der Waals surface area contributed by atoms with Crippen LogP contribution < -0.4 is 0 Å². The van der Waals surface area contributed by atoms with Crippen molar-refractivity contribution in [3.63, 3.8) is 0 Å². The van der Waals surface area contributed by atoms with E-state index in [4.69, 9.17) is 0 Å². The summed E-state index contributed by atoms with van der Waals surface area (Å²) in [6.45, 7) is 2.32. The first-order valence-corrected chi connectivity index (χ1v) is 10.8. The van der Waals surface area contributed by atoms with Gasteiger partial charge in [0.25, 0.3) is 0 Å². The van der Waals surface area contributed by atoms with Gasteiger partial charge >= 0.3 is 6.18 Å². The minimum absolute atomic E-state index is 0.602. The molecule has 0 amide bonds. The summed E-state index contributed by atoms with van der Waals surface area (Å²) in [5.41, 5.74) is -0.0161. The first-order valence-electron chi connectivity index (χ1n) is 10.8. The molecule has 0 nitrogen and oxygen atoms in total. The van der Waals surface area contributed by atoms with Crippen molar-refractivity contribution < 1.29 is 13.2 Å². The third-order valence-corrected chi connectivity index (χ3v) is 6.83. The number of alkyl halides is 3. The van der Waals surface area contributed by atoms with Crippen molar-refractivity contribution in [2.24, 2.45) is 23.7 Å². The average molecular weight is 389 g/mol. The minimum atomic E-state index is -4.29. The predicted molar refractivity (Wildman–Crippen MR) is 109 cm³/mol. The maximum Gasteiger partial charge on any atom is 0.416 e. The van der Waals surface area contributed by atoms with Gasteiger partial charge in [-0.1, -0.05) is 44.1 Å². The molecule has 1 aromatic rings. The Bertz CT molecular complexity index is 686. The third-order valence-electron chi connectivity index (χ3n) is 6.83. The highest BCUT2D eigenvalue weighted by atomic mass is 19.4. The zero-order chi connectivity index (χ0) is 20.0. The van der Waals surface area contributed by atoms with Crippen LogP contribution in [0.5, 0.6) is 0 Å². The van der Waals surface area contributed by atoms with Gasteiger partial charge in [-0.3, -0.25) is 0 Å². The summed E-state index contributed by atoms with van der Waals surface area (Å²) in [6, 6.07) is 5.04. The smallest absolute Gasteiger partial charge is 0.166 e. The molecular formula is C25H31F3. The van der Waals surface area contributed by atoms with Crippen LogP contribution in [0.3, 0.4) is 0 Å². The molecule has 0 unspecified atom stereocenters. The fourth-order valence-corrected chi connectivity index (χ4v) is 4.93. The number of hydrogen-bond donors (Lipinski definition) is 0. The first-order chi connectivity index (χ1) is 13.5. The molecule has 0 bridgehead atoms. The van der Waals surface area contributed by atoms with E-state index in [-0.39, 0.29) is 0 Å². The van der Waals surface area contributed by atoms with Gasteiger partial charge < -0.3 is 0 Å². The molecule has 0 heterocycles. The second-order valence-electron chi connectivity index (χ2n) is 8.57. The topological polar surface area (TPSA) is 0 Å². The van der Waals surface area contributed by atoms with Crippen LogP contribution in [-0.4, -0.2) is 0 Å². The lowest BCUT2D eigenvalue weighted by Gasteiger charge is -2.37. The Morgan fingerprint density at radius 2 is 1.46 bits per heavy atom. The maximum absolute atomic E-state index is 12.6. The fourth-order valence-electron chi connectivity index (χ4n) is 4.93. The molecule has 0 saturated heterocycles. The number of halogens is 3. The summed E-state index contributed by atoms with van der Waals surface area (Å²) >= 11 is 0. The van der Waals surface area contributed by atoms with E-state index in [1.54, 1.807) is 0 Å². The zero-order valence-electron chi connectivity index (χ0n) is 16.8. The first kappa shape index (κ1) is 21.0. The molecular weight excluding hydrogens is 357 g/mol. The second-order valence-corrected chi connectivity index (χ2v) is 8.57. The minimum Gasteiger partial charge on any atom is -0.166 e. The Morgan fingerprint density at radius 1 is 0.893 bits per heavy atom. The van der Waals surface area contributed by atoms with E-state index < -0.39 is 11.7 Å². The summed E-state index contributed by atoms with van der Waals surface area (Å²) < 4.78 is 37.7. The Balaban J connectivity index is 1.43. The summed E-state index contributed by atoms with van der Waals surface area (Å²) in [5.74, 6) is 9.35. The van der Waals surface area contributed by atoms with Crippen LogP contribution in [0.25, 0.3) is 0 Å². The normalized spacial score (nSPS) is 28.7. The van der Waals surface area contributed by atoms with Crippen LogP contribution in [0.1, 0.15) is 75.8 Å². The molecule has 1 aromatic carbocycles. The maximum atomic E-state index is 12.6. The van der Waals surface area contributed by atoms with Crippen LogP contribution in [0.4, 0.5) is 13.2 Å². The number of benzene rings is 1. The molecule has 2 fully saturated rings. The lowest BCUT2D eigenvalue weighted by Crippen LogP contribution is -2.25. The number of allylic oxidation sites excluding steroid dienone is 2. The molecule has 28 heavy (non-hydrogen) atoms. The van der Waals surface area contributed by atoms with E-state index in [9.17, 15) is 13.2 Å². The van der Waals surface area contributed by atoms with Crippen LogP contribution in [0, 0.1) is 35.5 Å². The van der Waals surface area contributed by atoms with Crippen LogP contribution in [-0.2, 0) is 6.18 Å². The highest BCUT2D eigenvalue weighted by molar-refractivity contribution is 5.39. The predicted octanol–water partition coefficient (Wildman–Crippen LogP) is 7.64. The van der Waals surface area contributed by atoms with Gasteiger partial charge in [0.1, 0.15) is 0 Å². The van der Waals surface area contributed by atoms with Crippen molar-refractivity contribution in [3.05, 3.63) is 47.5 Å². The molecule has 2 aliphatic rings. The highest BCUT2D eigenvalue weighted by Gasteiger charge is 2.30. The van der Waals surface area contributed by atoms with Crippen molar-refractivity contribution in [3.8, 4) is 11.8 Å². The molecule has 0 aromatic heterocycles. The number of rotatable bonds is 3. The summed E-state index contributed by atoms with van der Waals surface area (Å²) in [7, 11) is 0. The van der Waals surface area contributed by atoms with Crippen molar-refractivity contribution >= 4 is 0 Å². The van der Waals surface area contributed by atoms with E-state index in [2.05, 4.69) is 24.8 Å².